The molecule has 1 amide bonds. The van der Waals surface area contributed by atoms with Crippen LogP contribution < -0.4 is 10.6 Å². The Morgan fingerprint density at radius 2 is 1.90 bits per heavy atom. The van der Waals surface area contributed by atoms with Gasteiger partial charge in [-0.3, -0.25) is 4.79 Å². The molecule has 5 heteroatoms. The smallest absolute Gasteiger partial charge is 0.221 e. The van der Waals surface area contributed by atoms with Crippen molar-refractivity contribution in [3.8, 4) is 0 Å². The Hall–Kier alpha value is -2.07. The Morgan fingerprint density at radius 3 is 2.50 bits per heavy atom. The van der Waals surface area contributed by atoms with Crippen LogP contribution in [0.1, 0.15) is 12.5 Å². The van der Waals surface area contributed by atoms with Crippen molar-refractivity contribution in [1.82, 2.24) is 0 Å². The lowest BCUT2D eigenvalue weighted by molar-refractivity contribution is -0.114. The first kappa shape index (κ1) is 14.3. The molecule has 0 aliphatic rings. The topological polar surface area (TPSA) is 41.1 Å². The Bertz CT molecular complexity index is 614. The molecule has 20 heavy (non-hydrogen) atoms. The normalized spacial score (nSPS) is 10.2. The lowest BCUT2D eigenvalue weighted by atomic mass is 10.2. The van der Waals surface area contributed by atoms with E-state index in [2.05, 4.69) is 10.6 Å². The molecule has 0 atom stereocenters. The van der Waals surface area contributed by atoms with Gasteiger partial charge in [0, 0.05) is 24.2 Å². The Kier molecular flexibility index (Phi) is 4.58. The van der Waals surface area contributed by atoms with E-state index in [0.29, 0.717) is 17.3 Å². The third-order valence-electron chi connectivity index (χ3n) is 2.69. The summed E-state index contributed by atoms with van der Waals surface area (Å²) >= 11 is 5.69. The second-order valence-electron chi connectivity index (χ2n) is 4.36. The molecular weight excluding hydrogens is 279 g/mol. The minimum absolute atomic E-state index is 0.112. The number of hydrogen-bond acceptors (Lipinski definition) is 2. The zero-order valence-electron chi connectivity index (χ0n) is 10.9. The van der Waals surface area contributed by atoms with Gasteiger partial charge < -0.3 is 10.6 Å². The second kappa shape index (κ2) is 6.39. The molecule has 0 unspecified atom stereocenters. The Labute approximate surface area is 121 Å². The third kappa shape index (κ3) is 3.96. The summed E-state index contributed by atoms with van der Waals surface area (Å²) in [6, 6.07) is 11.8. The maximum absolute atomic E-state index is 13.6. The van der Waals surface area contributed by atoms with E-state index in [1.54, 1.807) is 24.3 Å². The SMILES string of the molecule is CC(=O)Nc1ccc(CNc2ccc(Cl)cc2F)cc1. The van der Waals surface area contributed by atoms with E-state index in [0.717, 1.165) is 11.3 Å². The molecule has 0 bridgehead atoms. The molecule has 2 rings (SSSR count). The number of carbonyl (C=O) groups is 1. The summed E-state index contributed by atoms with van der Waals surface area (Å²) in [7, 11) is 0. The van der Waals surface area contributed by atoms with Gasteiger partial charge in [-0.15, -0.1) is 0 Å². The van der Waals surface area contributed by atoms with E-state index in [9.17, 15) is 9.18 Å². The first-order valence-electron chi connectivity index (χ1n) is 6.10. The van der Waals surface area contributed by atoms with Gasteiger partial charge in [0.15, 0.2) is 0 Å². The van der Waals surface area contributed by atoms with Crippen molar-refractivity contribution in [3.05, 3.63) is 58.9 Å². The predicted octanol–water partition coefficient (Wildman–Crippen LogP) is 4.05. The molecule has 2 aromatic rings. The van der Waals surface area contributed by atoms with Crippen LogP contribution >= 0.6 is 11.6 Å². The first-order valence-corrected chi connectivity index (χ1v) is 6.48. The summed E-state index contributed by atoms with van der Waals surface area (Å²) in [4.78, 5) is 10.9. The molecule has 0 aliphatic heterocycles. The van der Waals surface area contributed by atoms with Gasteiger partial charge in [-0.1, -0.05) is 23.7 Å². The van der Waals surface area contributed by atoms with Crippen molar-refractivity contribution in [3.63, 3.8) is 0 Å². The monoisotopic (exact) mass is 292 g/mol. The van der Waals surface area contributed by atoms with Gasteiger partial charge in [0.1, 0.15) is 5.82 Å². The van der Waals surface area contributed by atoms with Crippen LogP contribution in [0.3, 0.4) is 0 Å². The number of nitrogens with one attached hydrogen (secondary N) is 2. The molecule has 0 radical (unpaired) electrons. The maximum atomic E-state index is 13.6. The summed E-state index contributed by atoms with van der Waals surface area (Å²) in [6.45, 7) is 1.94. The number of amides is 1. The van der Waals surface area contributed by atoms with E-state index < -0.39 is 0 Å². The lowest BCUT2D eigenvalue weighted by Gasteiger charge is -2.09. The molecule has 0 aromatic heterocycles. The number of halogens is 2. The quantitative estimate of drug-likeness (QED) is 0.892. The van der Waals surface area contributed by atoms with Crippen LogP contribution in [0.15, 0.2) is 42.5 Å². The number of hydrogen-bond donors (Lipinski definition) is 2. The average molecular weight is 293 g/mol. The highest BCUT2D eigenvalue weighted by atomic mass is 35.5. The summed E-state index contributed by atoms with van der Waals surface area (Å²) in [5.74, 6) is -0.494. The standard InChI is InChI=1S/C15H14ClFN2O/c1-10(20)19-13-5-2-11(3-6-13)9-18-15-7-4-12(16)8-14(15)17/h2-8,18H,9H2,1H3,(H,19,20). The van der Waals surface area contributed by atoms with Crippen molar-refractivity contribution < 1.29 is 9.18 Å². The fourth-order valence-electron chi connectivity index (χ4n) is 1.74. The Balaban J connectivity index is 1.98. The number of carbonyl (C=O) groups excluding carboxylic acids is 1. The van der Waals surface area contributed by atoms with Crippen molar-refractivity contribution >= 4 is 28.9 Å². The summed E-state index contributed by atoms with van der Waals surface area (Å²) in [6.07, 6.45) is 0. The molecule has 0 spiro atoms. The highest BCUT2D eigenvalue weighted by molar-refractivity contribution is 6.30. The van der Waals surface area contributed by atoms with Crippen LogP contribution in [0.5, 0.6) is 0 Å². The molecule has 3 nitrogen and oxygen atoms in total. The van der Waals surface area contributed by atoms with Gasteiger partial charge in [0.25, 0.3) is 0 Å². The molecule has 104 valence electrons. The van der Waals surface area contributed by atoms with E-state index >= 15 is 0 Å². The van der Waals surface area contributed by atoms with Crippen LogP contribution in [0.25, 0.3) is 0 Å². The minimum Gasteiger partial charge on any atom is -0.379 e. The van der Waals surface area contributed by atoms with E-state index in [1.807, 2.05) is 12.1 Å². The van der Waals surface area contributed by atoms with Crippen molar-refractivity contribution in [2.24, 2.45) is 0 Å². The summed E-state index contributed by atoms with van der Waals surface area (Å²) in [5.41, 5.74) is 2.12. The maximum Gasteiger partial charge on any atom is 0.221 e. The molecule has 2 N–H and O–H groups in total. The van der Waals surface area contributed by atoms with E-state index in [1.165, 1.54) is 13.0 Å². The van der Waals surface area contributed by atoms with Gasteiger partial charge in [0.05, 0.1) is 5.69 Å². The van der Waals surface area contributed by atoms with Crippen molar-refractivity contribution in [2.45, 2.75) is 13.5 Å². The van der Waals surface area contributed by atoms with Crippen LogP contribution in [-0.4, -0.2) is 5.91 Å². The fourth-order valence-corrected chi connectivity index (χ4v) is 1.90. The van der Waals surface area contributed by atoms with Crippen molar-refractivity contribution in [1.29, 1.82) is 0 Å². The largest absolute Gasteiger partial charge is 0.379 e. The lowest BCUT2D eigenvalue weighted by Crippen LogP contribution is -2.06. The fraction of sp³-hybridized carbons (Fsp3) is 0.133. The third-order valence-corrected chi connectivity index (χ3v) is 2.92. The molecule has 2 aromatic carbocycles. The molecule has 0 saturated carbocycles. The van der Waals surface area contributed by atoms with Gasteiger partial charge in [-0.25, -0.2) is 4.39 Å². The number of benzene rings is 2. The van der Waals surface area contributed by atoms with Crippen LogP contribution in [0.4, 0.5) is 15.8 Å². The molecule has 0 aliphatic carbocycles. The second-order valence-corrected chi connectivity index (χ2v) is 4.79. The van der Waals surface area contributed by atoms with E-state index in [4.69, 9.17) is 11.6 Å². The summed E-state index contributed by atoms with van der Waals surface area (Å²) in [5, 5.41) is 6.05. The summed E-state index contributed by atoms with van der Waals surface area (Å²) < 4.78 is 13.6. The van der Waals surface area contributed by atoms with Gasteiger partial charge in [0.2, 0.25) is 5.91 Å². The predicted molar refractivity (Wildman–Crippen MR) is 79.5 cm³/mol. The molecule has 0 fully saturated rings. The van der Waals surface area contributed by atoms with Crippen molar-refractivity contribution in [2.75, 3.05) is 10.6 Å². The Morgan fingerprint density at radius 1 is 1.20 bits per heavy atom. The van der Waals surface area contributed by atoms with E-state index in [-0.39, 0.29) is 11.7 Å². The van der Waals surface area contributed by atoms with Crippen LogP contribution in [-0.2, 0) is 11.3 Å². The van der Waals surface area contributed by atoms with Crippen LogP contribution in [0.2, 0.25) is 5.02 Å². The molecule has 0 heterocycles. The van der Waals surface area contributed by atoms with Gasteiger partial charge in [-0.2, -0.15) is 0 Å². The highest BCUT2D eigenvalue weighted by Crippen LogP contribution is 2.19. The molecule has 0 saturated heterocycles. The van der Waals surface area contributed by atoms with Crippen LogP contribution in [0, 0.1) is 5.82 Å². The average Bonchev–Trinajstić information content (AvgIpc) is 2.39. The van der Waals surface area contributed by atoms with Gasteiger partial charge in [-0.05, 0) is 35.9 Å². The highest BCUT2D eigenvalue weighted by Gasteiger charge is 2.02. The first-order chi connectivity index (χ1) is 9.54. The number of anilines is 2. The minimum atomic E-state index is -0.382. The zero-order chi connectivity index (χ0) is 14.5. The molecular formula is C15H14ClFN2O. The van der Waals surface area contributed by atoms with Gasteiger partial charge >= 0.3 is 0 Å². The number of rotatable bonds is 4. The zero-order valence-corrected chi connectivity index (χ0v) is 11.7.